The summed E-state index contributed by atoms with van der Waals surface area (Å²) in [6, 6.07) is 14.0. The Bertz CT molecular complexity index is 1190. The number of methoxy groups -OCH3 is 1. The van der Waals surface area contributed by atoms with Gasteiger partial charge in [0.25, 0.3) is 5.91 Å². The molecule has 1 atom stereocenters. The fourth-order valence-corrected chi connectivity index (χ4v) is 3.86. The van der Waals surface area contributed by atoms with E-state index >= 15 is 0 Å². The molecule has 1 amide bonds. The Morgan fingerprint density at radius 3 is 2.38 bits per heavy atom. The maximum absolute atomic E-state index is 13.2. The predicted molar refractivity (Wildman–Crippen MR) is 118 cm³/mol. The van der Waals surface area contributed by atoms with Crippen LogP contribution < -0.4 is 9.64 Å². The molecule has 0 aliphatic carbocycles. The van der Waals surface area contributed by atoms with E-state index in [4.69, 9.17) is 9.15 Å². The first kappa shape index (κ1) is 21.2. The average molecular weight is 433 g/mol. The Hall–Kier alpha value is -4.00. The van der Waals surface area contributed by atoms with Gasteiger partial charge in [-0.2, -0.15) is 0 Å². The normalized spacial score (nSPS) is 16.2. The van der Waals surface area contributed by atoms with Gasteiger partial charge in [0.2, 0.25) is 5.78 Å². The summed E-state index contributed by atoms with van der Waals surface area (Å²) >= 11 is 0. The molecule has 7 heteroatoms. The van der Waals surface area contributed by atoms with Crippen LogP contribution in [0, 0.1) is 0 Å². The number of Topliss-reactive ketones (excluding diaryl/α,β-unsaturated/α-hetero) is 1. The molecular weight excluding hydrogens is 410 g/mol. The lowest BCUT2D eigenvalue weighted by Crippen LogP contribution is -2.31. The molecule has 1 unspecified atom stereocenters. The molecule has 0 saturated carbocycles. The number of anilines is 1. The van der Waals surface area contributed by atoms with E-state index in [1.165, 1.54) is 30.4 Å². The van der Waals surface area contributed by atoms with Gasteiger partial charge in [-0.3, -0.25) is 14.5 Å². The first-order valence-corrected chi connectivity index (χ1v) is 10.1. The maximum Gasteiger partial charge on any atom is 0.294 e. The number of amides is 1. The van der Waals surface area contributed by atoms with Crippen molar-refractivity contribution in [2.75, 3.05) is 12.0 Å². The maximum atomic E-state index is 13.2. The van der Waals surface area contributed by atoms with E-state index in [9.17, 15) is 19.8 Å². The number of hydrogen-bond acceptors (Lipinski definition) is 6. The summed E-state index contributed by atoms with van der Waals surface area (Å²) < 4.78 is 10.3. The number of furan rings is 1. The van der Waals surface area contributed by atoms with Crippen LogP contribution in [-0.4, -0.2) is 29.0 Å². The van der Waals surface area contributed by atoms with Gasteiger partial charge in [0.05, 0.1) is 25.0 Å². The number of hydrogen-bond donors (Lipinski definition) is 2. The lowest BCUT2D eigenvalue weighted by molar-refractivity contribution is -0.117. The number of aliphatic hydroxyl groups excluding tert-OH is 1. The SMILES string of the molecule is COc1ccc(C2C(C(=O)c3ccco3)=C(O)C(=O)N2c2ccc(C(C)C)cc2)cc1O. The highest BCUT2D eigenvalue weighted by Crippen LogP contribution is 2.43. The molecular formula is C25H23NO6. The van der Waals surface area contributed by atoms with Crippen LogP contribution in [0.15, 0.2) is 76.6 Å². The van der Waals surface area contributed by atoms with Crippen molar-refractivity contribution >= 4 is 17.4 Å². The van der Waals surface area contributed by atoms with Gasteiger partial charge in [-0.15, -0.1) is 0 Å². The zero-order valence-corrected chi connectivity index (χ0v) is 17.9. The first-order valence-electron chi connectivity index (χ1n) is 10.1. The summed E-state index contributed by atoms with van der Waals surface area (Å²) in [5.41, 5.74) is 1.91. The molecule has 1 aliphatic heterocycles. The van der Waals surface area contributed by atoms with Gasteiger partial charge in [-0.1, -0.05) is 32.0 Å². The Balaban J connectivity index is 1.86. The number of ketones is 1. The lowest BCUT2D eigenvalue weighted by Gasteiger charge is -2.27. The molecule has 0 bridgehead atoms. The van der Waals surface area contributed by atoms with E-state index in [-0.39, 0.29) is 22.8 Å². The summed E-state index contributed by atoms with van der Waals surface area (Å²) in [6.07, 6.45) is 1.35. The van der Waals surface area contributed by atoms with Gasteiger partial charge >= 0.3 is 0 Å². The molecule has 7 nitrogen and oxygen atoms in total. The van der Waals surface area contributed by atoms with Crippen molar-refractivity contribution in [2.24, 2.45) is 0 Å². The number of ether oxygens (including phenoxy) is 1. The molecule has 1 aliphatic rings. The van der Waals surface area contributed by atoms with Crippen LogP contribution >= 0.6 is 0 Å². The molecule has 2 N–H and O–H groups in total. The molecule has 0 radical (unpaired) electrons. The summed E-state index contributed by atoms with van der Waals surface area (Å²) in [5, 5.41) is 21.1. The summed E-state index contributed by atoms with van der Waals surface area (Å²) in [4.78, 5) is 27.7. The number of phenols is 1. The van der Waals surface area contributed by atoms with Crippen LogP contribution in [0.3, 0.4) is 0 Å². The molecule has 0 fully saturated rings. The fourth-order valence-electron chi connectivity index (χ4n) is 3.86. The Labute approximate surface area is 185 Å². The van der Waals surface area contributed by atoms with Crippen LogP contribution in [0.1, 0.15) is 47.5 Å². The molecule has 2 heterocycles. The third kappa shape index (κ3) is 3.51. The molecule has 2 aromatic carbocycles. The third-order valence-electron chi connectivity index (χ3n) is 5.55. The Morgan fingerprint density at radius 2 is 1.81 bits per heavy atom. The van der Waals surface area contributed by atoms with E-state index in [0.717, 1.165) is 5.56 Å². The Morgan fingerprint density at radius 1 is 1.09 bits per heavy atom. The van der Waals surface area contributed by atoms with Crippen molar-refractivity contribution in [2.45, 2.75) is 25.8 Å². The van der Waals surface area contributed by atoms with Crippen molar-refractivity contribution in [3.8, 4) is 11.5 Å². The Kier molecular flexibility index (Phi) is 5.48. The minimum Gasteiger partial charge on any atom is -0.504 e. The van der Waals surface area contributed by atoms with E-state index in [0.29, 0.717) is 17.2 Å². The average Bonchev–Trinajstić information content (AvgIpc) is 3.41. The predicted octanol–water partition coefficient (Wildman–Crippen LogP) is 4.90. The van der Waals surface area contributed by atoms with Crippen LogP contribution in [0.2, 0.25) is 0 Å². The zero-order valence-electron chi connectivity index (χ0n) is 17.9. The largest absolute Gasteiger partial charge is 0.504 e. The minimum atomic E-state index is -0.971. The number of carbonyl (C=O) groups excluding carboxylic acids is 2. The van der Waals surface area contributed by atoms with Crippen molar-refractivity contribution < 1.29 is 29.0 Å². The van der Waals surface area contributed by atoms with Crippen LogP contribution in [0.5, 0.6) is 11.5 Å². The summed E-state index contributed by atoms with van der Waals surface area (Å²) in [6.45, 7) is 4.12. The monoisotopic (exact) mass is 433 g/mol. The summed E-state index contributed by atoms with van der Waals surface area (Å²) in [7, 11) is 1.42. The number of rotatable bonds is 6. The van der Waals surface area contributed by atoms with Gasteiger partial charge in [-0.05, 0) is 53.4 Å². The van der Waals surface area contributed by atoms with E-state index in [1.807, 2.05) is 12.1 Å². The van der Waals surface area contributed by atoms with E-state index in [1.54, 1.807) is 30.3 Å². The van der Waals surface area contributed by atoms with Crippen molar-refractivity contribution in [3.63, 3.8) is 0 Å². The fraction of sp³-hybridized carbons (Fsp3) is 0.200. The van der Waals surface area contributed by atoms with Gasteiger partial charge in [0.15, 0.2) is 23.0 Å². The number of carbonyl (C=O) groups is 2. The lowest BCUT2D eigenvalue weighted by atomic mass is 9.94. The summed E-state index contributed by atoms with van der Waals surface area (Å²) in [5.74, 6) is -1.57. The van der Waals surface area contributed by atoms with Gasteiger partial charge in [0.1, 0.15) is 0 Å². The van der Waals surface area contributed by atoms with Crippen LogP contribution in [0.25, 0.3) is 0 Å². The van der Waals surface area contributed by atoms with Crippen LogP contribution in [0.4, 0.5) is 5.69 Å². The minimum absolute atomic E-state index is 0.000843. The quantitative estimate of drug-likeness (QED) is 0.537. The molecule has 1 aromatic heterocycles. The number of benzene rings is 2. The number of phenolic OH excluding ortho intramolecular Hbond substituents is 1. The third-order valence-corrected chi connectivity index (χ3v) is 5.55. The van der Waals surface area contributed by atoms with Gasteiger partial charge in [-0.25, -0.2) is 0 Å². The molecule has 32 heavy (non-hydrogen) atoms. The molecule has 3 aromatic rings. The van der Waals surface area contributed by atoms with Crippen molar-refractivity contribution in [1.29, 1.82) is 0 Å². The van der Waals surface area contributed by atoms with Gasteiger partial charge < -0.3 is 19.4 Å². The highest BCUT2D eigenvalue weighted by Gasteiger charge is 2.45. The second kappa shape index (κ2) is 8.26. The topological polar surface area (TPSA) is 100 Å². The molecule has 0 spiro atoms. The molecule has 4 rings (SSSR count). The second-order valence-corrected chi connectivity index (χ2v) is 7.82. The second-order valence-electron chi connectivity index (χ2n) is 7.82. The molecule has 164 valence electrons. The van der Waals surface area contributed by atoms with Gasteiger partial charge in [0, 0.05) is 5.69 Å². The molecule has 0 saturated heterocycles. The number of nitrogens with zero attached hydrogens (tertiary/aromatic N) is 1. The smallest absolute Gasteiger partial charge is 0.294 e. The standard InChI is InChI=1S/C25H23NO6/c1-14(2)15-6-9-17(10-7-15)26-22(16-8-11-19(31-3)18(27)13-16)21(24(29)25(26)30)23(28)20-5-4-12-32-20/h4-14,22,27,29H,1-3H3. The number of aromatic hydroxyl groups is 1. The highest BCUT2D eigenvalue weighted by molar-refractivity contribution is 6.20. The van der Waals surface area contributed by atoms with Crippen molar-refractivity contribution in [1.82, 2.24) is 0 Å². The number of aliphatic hydroxyl groups is 1. The zero-order chi connectivity index (χ0) is 23.0. The first-order chi connectivity index (χ1) is 15.3. The van der Waals surface area contributed by atoms with Crippen LogP contribution in [-0.2, 0) is 4.79 Å². The highest BCUT2D eigenvalue weighted by atomic mass is 16.5. The van der Waals surface area contributed by atoms with E-state index < -0.39 is 23.5 Å². The van der Waals surface area contributed by atoms with Crippen molar-refractivity contribution in [3.05, 3.63) is 89.1 Å². The van der Waals surface area contributed by atoms with E-state index in [2.05, 4.69) is 13.8 Å².